The van der Waals surface area contributed by atoms with E-state index in [2.05, 4.69) is 4.74 Å². The van der Waals surface area contributed by atoms with Crippen LogP contribution in [0.25, 0.3) is 12.2 Å². The first-order chi connectivity index (χ1) is 14.8. The van der Waals surface area contributed by atoms with Gasteiger partial charge in [0.05, 0.1) is 6.42 Å². The van der Waals surface area contributed by atoms with Crippen LogP contribution in [0.1, 0.15) is 36.0 Å². The lowest BCUT2D eigenvalue weighted by atomic mass is 9.87. The van der Waals surface area contributed by atoms with E-state index in [0.717, 1.165) is 12.0 Å². The summed E-state index contributed by atoms with van der Waals surface area (Å²) in [5, 5.41) is 8.84. The standard InChI is InChI=1S/C24H19F3O4/c25-23(26)24(27)31-20-10-8-16(9-11-20)13-19-3-1-2-18(22(19)30)12-15-4-6-17(7-5-15)14-21(28)29/h4-13H,1-3,14H2,(H,28,29)/b18-12-,19-13+. The number of carboxylic acids is 1. The van der Waals surface area contributed by atoms with Crippen molar-refractivity contribution < 1.29 is 32.6 Å². The number of ether oxygens (including phenoxy) is 1. The van der Waals surface area contributed by atoms with Crippen LogP contribution >= 0.6 is 0 Å². The second-order valence-electron chi connectivity index (χ2n) is 7.04. The summed E-state index contributed by atoms with van der Waals surface area (Å²) in [6.45, 7) is 0. The van der Waals surface area contributed by atoms with Crippen LogP contribution in [0.3, 0.4) is 0 Å². The first-order valence-electron chi connectivity index (χ1n) is 9.57. The van der Waals surface area contributed by atoms with E-state index in [1.54, 1.807) is 48.6 Å². The van der Waals surface area contributed by atoms with Gasteiger partial charge in [-0.2, -0.15) is 13.2 Å². The number of allylic oxidation sites excluding steroid dienone is 2. The lowest BCUT2D eigenvalue weighted by Crippen LogP contribution is -2.12. The highest BCUT2D eigenvalue weighted by molar-refractivity contribution is 6.13. The van der Waals surface area contributed by atoms with Gasteiger partial charge in [-0.15, -0.1) is 0 Å². The minimum absolute atomic E-state index is 0.0574. The van der Waals surface area contributed by atoms with Crippen molar-refractivity contribution in [2.75, 3.05) is 0 Å². The molecule has 0 radical (unpaired) electrons. The van der Waals surface area contributed by atoms with Crippen LogP contribution in [0.5, 0.6) is 5.75 Å². The molecule has 2 aromatic rings. The van der Waals surface area contributed by atoms with Crippen LogP contribution in [0.2, 0.25) is 0 Å². The van der Waals surface area contributed by atoms with E-state index in [-0.39, 0.29) is 18.0 Å². The zero-order valence-corrected chi connectivity index (χ0v) is 16.4. The number of halogens is 3. The van der Waals surface area contributed by atoms with Gasteiger partial charge in [-0.05, 0) is 60.2 Å². The fourth-order valence-corrected chi connectivity index (χ4v) is 3.26. The number of carbonyl (C=O) groups is 2. The number of hydrogen-bond donors (Lipinski definition) is 1. The number of ketones is 1. The predicted octanol–water partition coefficient (Wildman–Crippen LogP) is 5.95. The lowest BCUT2D eigenvalue weighted by Gasteiger charge is -2.16. The minimum atomic E-state index is -2.53. The number of hydrogen-bond acceptors (Lipinski definition) is 3. The van der Waals surface area contributed by atoms with E-state index in [1.807, 2.05) is 0 Å². The Balaban J connectivity index is 1.74. The van der Waals surface area contributed by atoms with Gasteiger partial charge in [0.25, 0.3) is 0 Å². The van der Waals surface area contributed by atoms with Crippen LogP contribution in [-0.2, 0) is 16.0 Å². The normalized spacial score (nSPS) is 16.4. The van der Waals surface area contributed by atoms with Gasteiger partial charge in [0.1, 0.15) is 5.75 Å². The first-order valence-corrected chi connectivity index (χ1v) is 9.57. The largest absolute Gasteiger partial charge is 0.481 e. The van der Waals surface area contributed by atoms with Gasteiger partial charge in [-0.1, -0.05) is 36.4 Å². The smallest absolute Gasteiger partial charge is 0.344 e. The molecule has 4 nitrogen and oxygen atoms in total. The van der Waals surface area contributed by atoms with E-state index in [4.69, 9.17) is 5.11 Å². The van der Waals surface area contributed by atoms with Gasteiger partial charge in [-0.25, -0.2) is 0 Å². The monoisotopic (exact) mass is 428 g/mol. The van der Waals surface area contributed by atoms with Gasteiger partial charge >= 0.3 is 18.1 Å². The molecule has 0 amide bonds. The fourth-order valence-electron chi connectivity index (χ4n) is 3.26. The van der Waals surface area contributed by atoms with Crippen molar-refractivity contribution >= 4 is 23.9 Å². The summed E-state index contributed by atoms with van der Waals surface area (Å²) in [5.74, 6) is -1.05. The van der Waals surface area contributed by atoms with Gasteiger partial charge in [0, 0.05) is 11.1 Å². The van der Waals surface area contributed by atoms with Crippen LogP contribution in [0, 0.1) is 0 Å². The molecule has 1 aliphatic rings. The van der Waals surface area contributed by atoms with Gasteiger partial charge in [0.2, 0.25) is 0 Å². The maximum atomic E-state index is 12.9. The Morgan fingerprint density at radius 2 is 1.42 bits per heavy atom. The lowest BCUT2D eigenvalue weighted by molar-refractivity contribution is -0.136. The Morgan fingerprint density at radius 1 is 0.903 bits per heavy atom. The number of Topliss-reactive ketones (excluding diaryl/α,β-unsaturated/α-hetero) is 1. The van der Waals surface area contributed by atoms with Crippen molar-refractivity contribution in [2.24, 2.45) is 0 Å². The zero-order valence-electron chi connectivity index (χ0n) is 16.4. The molecule has 0 heterocycles. The molecule has 3 rings (SSSR count). The fraction of sp³-hybridized carbons (Fsp3) is 0.167. The SMILES string of the molecule is O=C(O)Cc1ccc(/C=C2/CCC/C(=C\c3ccc(OC(F)=C(F)F)cc3)C2=O)cc1. The summed E-state index contributed by atoms with van der Waals surface area (Å²) in [6, 6.07) is 10.9. The second-order valence-corrected chi connectivity index (χ2v) is 7.04. The highest BCUT2D eigenvalue weighted by Crippen LogP contribution is 2.29. The van der Waals surface area contributed by atoms with Crippen molar-refractivity contribution in [1.29, 1.82) is 0 Å². The quantitative estimate of drug-likeness (QED) is 0.456. The molecular formula is C24H19F3O4. The average Bonchev–Trinajstić information content (AvgIpc) is 2.73. The molecule has 1 aliphatic carbocycles. The molecular weight excluding hydrogens is 409 g/mol. The number of rotatable bonds is 6. The highest BCUT2D eigenvalue weighted by atomic mass is 19.3. The number of benzene rings is 2. The highest BCUT2D eigenvalue weighted by Gasteiger charge is 2.20. The molecule has 0 spiro atoms. The molecule has 2 aromatic carbocycles. The average molecular weight is 428 g/mol. The summed E-state index contributed by atoms with van der Waals surface area (Å²) in [5.41, 5.74) is 3.45. The molecule has 1 N–H and O–H groups in total. The van der Waals surface area contributed by atoms with Crippen molar-refractivity contribution in [3.05, 3.63) is 88.5 Å². The third-order valence-electron chi connectivity index (χ3n) is 4.73. The van der Waals surface area contributed by atoms with Crippen molar-refractivity contribution in [3.8, 4) is 5.75 Å². The van der Waals surface area contributed by atoms with Crippen LogP contribution in [-0.4, -0.2) is 16.9 Å². The molecule has 0 aromatic heterocycles. The third kappa shape index (κ3) is 6.18. The Bertz CT molecular complexity index is 1060. The number of carboxylic acid groups (broad SMARTS) is 1. The Kier molecular flexibility index (Phi) is 7.07. The molecule has 1 saturated carbocycles. The van der Waals surface area contributed by atoms with Crippen molar-refractivity contribution in [2.45, 2.75) is 25.7 Å². The maximum Gasteiger partial charge on any atom is 0.344 e. The van der Waals surface area contributed by atoms with Crippen LogP contribution in [0.4, 0.5) is 13.2 Å². The van der Waals surface area contributed by atoms with Gasteiger partial charge in [-0.3, -0.25) is 9.59 Å². The minimum Gasteiger partial charge on any atom is -0.481 e. The van der Waals surface area contributed by atoms with E-state index >= 15 is 0 Å². The van der Waals surface area contributed by atoms with Crippen LogP contribution in [0.15, 0.2) is 71.8 Å². The van der Waals surface area contributed by atoms with Gasteiger partial charge < -0.3 is 9.84 Å². The summed E-state index contributed by atoms with van der Waals surface area (Å²) in [4.78, 5) is 23.6. The Morgan fingerprint density at radius 3 is 1.90 bits per heavy atom. The molecule has 0 unspecified atom stereocenters. The van der Waals surface area contributed by atoms with Crippen molar-refractivity contribution in [1.82, 2.24) is 0 Å². The molecule has 0 saturated heterocycles. The second kappa shape index (κ2) is 9.93. The van der Waals surface area contributed by atoms with E-state index in [9.17, 15) is 22.8 Å². The molecule has 160 valence electrons. The zero-order chi connectivity index (χ0) is 22.4. The molecule has 1 fully saturated rings. The predicted molar refractivity (Wildman–Crippen MR) is 110 cm³/mol. The topological polar surface area (TPSA) is 63.6 Å². The summed E-state index contributed by atoms with van der Waals surface area (Å²) in [6.07, 6.45) is 2.98. The molecule has 0 atom stereocenters. The molecule has 7 heteroatoms. The summed E-state index contributed by atoms with van der Waals surface area (Å²) < 4.78 is 41.5. The Hall–Kier alpha value is -3.61. The maximum absolute atomic E-state index is 12.9. The van der Waals surface area contributed by atoms with E-state index in [1.165, 1.54) is 12.1 Å². The molecule has 0 aliphatic heterocycles. The first kappa shape index (κ1) is 22.1. The summed E-state index contributed by atoms with van der Waals surface area (Å²) >= 11 is 0. The van der Waals surface area contributed by atoms with Crippen LogP contribution < -0.4 is 4.74 Å². The van der Waals surface area contributed by atoms with Crippen molar-refractivity contribution in [3.63, 3.8) is 0 Å². The molecule has 0 bridgehead atoms. The summed E-state index contributed by atoms with van der Waals surface area (Å²) in [7, 11) is 0. The van der Waals surface area contributed by atoms with E-state index < -0.39 is 18.1 Å². The Labute approximate surface area is 177 Å². The third-order valence-corrected chi connectivity index (χ3v) is 4.73. The number of carbonyl (C=O) groups excluding carboxylic acids is 1. The van der Waals surface area contributed by atoms with Gasteiger partial charge in [0.15, 0.2) is 5.78 Å². The number of aliphatic carboxylic acids is 1. The molecule has 31 heavy (non-hydrogen) atoms. The van der Waals surface area contributed by atoms with E-state index in [0.29, 0.717) is 35.1 Å².